The van der Waals surface area contributed by atoms with Gasteiger partial charge < -0.3 is 13.6 Å². The molecule has 1 aromatic carbocycles. The molecule has 0 N–H and O–H groups in total. The first-order valence-electron chi connectivity index (χ1n) is 4.24. The zero-order valence-electron chi connectivity index (χ0n) is 7.18. The molecule has 1 fully saturated rings. The third kappa shape index (κ3) is 2.66. The van der Waals surface area contributed by atoms with Crippen LogP contribution in [0.4, 0.5) is 0 Å². The Morgan fingerprint density at radius 1 is 1.08 bits per heavy atom. The second-order valence-corrected chi connectivity index (χ2v) is 3.79. The minimum absolute atomic E-state index is 0.735. The molecule has 0 radical (unpaired) electrons. The van der Waals surface area contributed by atoms with E-state index in [2.05, 4.69) is 0 Å². The maximum Gasteiger partial charge on any atom is 0.397 e. The second-order valence-electron chi connectivity index (χ2n) is 2.65. The average Bonchev–Trinajstić information content (AvgIpc) is 2.21. The van der Waals surface area contributed by atoms with Gasteiger partial charge in [0.1, 0.15) is 5.75 Å². The molecular weight excluding hydrogens is 187 g/mol. The van der Waals surface area contributed by atoms with Crippen molar-refractivity contribution >= 4 is 8.60 Å². The lowest BCUT2D eigenvalue weighted by Crippen LogP contribution is -2.07. The van der Waals surface area contributed by atoms with Gasteiger partial charge >= 0.3 is 8.60 Å². The average molecular weight is 198 g/mol. The standard InChI is InChI=1S/C9H11O3P/c1-2-5-9(6-3-1)12-13-10-7-4-8-11-13/h1-3,5-6H,4,7-8H2. The molecule has 3 nitrogen and oxygen atoms in total. The van der Waals surface area contributed by atoms with Crippen LogP contribution in [0.2, 0.25) is 0 Å². The van der Waals surface area contributed by atoms with Crippen molar-refractivity contribution in [2.24, 2.45) is 0 Å². The quantitative estimate of drug-likeness (QED) is 0.684. The summed E-state index contributed by atoms with van der Waals surface area (Å²) in [4.78, 5) is 0. The molecule has 0 saturated carbocycles. The summed E-state index contributed by atoms with van der Waals surface area (Å²) in [7, 11) is -1.15. The lowest BCUT2D eigenvalue weighted by molar-refractivity contribution is 0.147. The third-order valence-corrected chi connectivity index (χ3v) is 2.75. The van der Waals surface area contributed by atoms with Crippen molar-refractivity contribution in [3.05, 3.63) is 30.3 Å². The molecule has 0 unspecified atom stereocenters. The van der Waals surface area contributed by atoms with Crippen LogP contribution >= 0.6 is 8.60 Å². The Balaban J connectivity index is 1.90. The Labute approximate surface area is 78.6 Å². The number of hydrogen-bond acceptors (Lipinski definition) is 3. The van der Waals surface area contributed by atoms with E-state index < -0.39 is 8.60 Å². The molecule has 0 aromatic heterocycles. The molecule has 70 valence electrons. The highest BCUT2D eigenvalue weighted by Gasteiger charge is 2.18. The minimum atomic E-state index is -1.15. The van der Waals surface area contributed by atoms with Crippen LogP contribution in [0.1, 0.15) is 6.42 Å². The predicted octanol–water partition coefficient (Wildman–Crippen LogP) is 2.73. The zero-order valence-corrected chi connectivity index (χ0v) is 8.07. The van der Waals surface area contributed by atoms with Gasteiger partial charge in [0, 0.05) is 0 Å². The molecule has 0 atom stereocenters. The van der Waals surface area contributed by atoms with Gasteiger partial charge in [0.25, 0.3) is 0 Å². The first-order chi connectivity index (χ1) is 6.45. The topological polar surface area (TPSA) is 27.7 Å². The molecular formula is C9H11O3P. The Kier molecular flexibility index (Phi) is 3.14. The molecule has 0 aliphatic carbocycles. The molecule has 1 heterocycles. The maximum absolute atomic E-state index is 5.48. The Morgan fingerprint density at radius 3 is 2.46 bits per heavy atom. The lowest BCUT2D eigenvalue weighted by Gasteiger charge is -2.20. The van der Waals surface area contributed by atoms with E-state index >= 15 is 0 Å². The van der Waals surface area contributed by atoms with Crippen molar-refractivity contribution in [1.82, 2.24) is 0 Å². The fraction of sp³-hybridized carbons (Fsp3) is 0.333. The van der Waals surface area contributed by atoms with E-state index in [9.17, 15) is 0 Å². The fourth-order valence-electron chi connectivity index (χ4n) is 0.994. The van der Waals surface area contributed by atoms with Crippen LogP contribution in [0.3, 0.4) is 0 Å². The van der Waals surface area contributed by atoms with Crippen LogP contribution in [0.5, 0.6) is 5.75 Å². The number of benzene rings is 1. The summed E-state index contributed by atoms with van der Waals surface area (Å²) in [5.74, 6) is 0.801. The van der Waals surface area contributed by atoms with Crippen LogP contribution < -0.4 is 4.52 Å². The van der Waals surface area contributed by atoms with Crippen molar-refractivity contribution in [2.45, 2.75) is 6.42 Å². The summed E-state index contributed by atoms with van der Waals surface area (Å²) in [5, 5.41) is 0. The van der Waals surface area contributed by atoms with Gasteiger partial charge in [-0.3, -0.25) is 0 Å². The SMILES string of the molecule is c1ccc(OP2OCCCO2)cc1. The zero-order chi connectivity index (χ0) is 8.93. The maximum atomic E-state index is 5.48. The van der Waals surface area contributed by atoms with Crippen LogP contribution in [0.15, 0.2) is 30.3 Å². The van der Waals surface area contributed by atoms with Crippen molar-refractivity contribution in [2.75, 3.05) is 13.2 Å². The molecule has 1 saturated heterocycles. The Hall–Kier alpha value is -0.630. The van der Waals surface area contributed by atoms with Crippen LogP contribution in [0, 0.1) is 0 Å². The van der Waals surface area contributed by atoms with Crippen molar-refractivity contribution < 1.29 is 13.6 Å². The van der Waals surface area contributed by atoms with Gasteiger partial charge in [-0.15, -0.1) is 0 Å². The highest BCUT2D eigenvalue weighted by atomic mass is 31.2. The summed E-state index contributed by atoms with van der Waals surface area (Å²) in [6.45, 7) is 1.47. The summed E-state index contributed by atoms with van der Waals surface area (Å²) >= 11 is 0. The molecule has 1 aliphatic heterocycles. The van der Waals surface area contributed by atoms with Gasteiger partial charge in [0.15, 0.2) is 0 Å². The molecule has 1 aromatic rings. The number of rotatable bonds is 2. The van der Waals surface area contributed by atoms with E-state index in [-0.39, 0.29) is 0 Å². The van der Waals surface area contributed by atoms with Crippen LogP contribution in [-0.4, -0.2) is 13.2 Å². The van der Waals surface area contributed by atoms with Crippen LogP contribution in [-0.2, 0) is 9.05 Å². The van der Waals surface area contributed by atoms with E-state index in [4.69, 9.17) is 13.6 Å². The smallest absolute Gasteiger partial charge is 0.397 e. The van der Waals surface area contributed by atoms with Gasteiger partial charge in [-0.05, 0) is 18.6 Å². The third-order valence-electron chi connectivity index (χ3n) is 1.61. The van der Waals surface area contributed by atoms with Gasteiger partial charge in [0.05, 0.1) is 13.2 Å². The highest BCUT2D eigenvalue weighted by Crippen LogP contribution is 2.42. The summed E-state index contributed by atoms with van der Waals surface area (Å²) in [5.41, 5.74) is 0. The number of hydrogen-bond donors (Lipinski definition) is 0. The van der Waals surface area contributed by atoms with Crippen molar-refractivity contribution in [3.63, 3.8) is 0 Å². The van der Waals surface area contributed by atoms with E-state index in [0.717, 1.165) is 25.4 Å². The Morgan fingerprint density at radius 2 is 1.77 bits per heavy atom. The van der Waals surface area contributed by atoms with Gasteiger partial charge in [-0.2, -0.15) is 0 Å². The van der Waals surface area contributed by atoms with E-state index in [1.807, 2.05) is 30.3 Å². The molecule has 4 heteroatoms. The predicted molar refractivity (Wildman–Crippen MR) is 50.5 cm³/mol. The summed E-state index contributed by atoms with van der Waals surface area (Å²) in [6.07, 6.45) is 0.955. The summed E-state index contributed by atoms with van der Waals surface area (Å²) < 4.78 is 16.1. The molecule has 2 rings (SSSR count). The van der Waals surface area contributed by atoms with E-state index in [0.29, 0.717) is 0 Å². The molecule has 13 heavy (non-hydrogen) atoms. The lowest BCUT2D eigenvalue weighted by atomic mass is 10.3. The van der Waals surface area contributed by atoms with Crippen molar-refractivity contribution in [3.8, 4) is 5.75 Å². The largest absolute Gasteiger partial charge is 0.427 e. The second kappa shape index (κ2) is 4.56. The Bertz CT molecular complexity index is 246. The van der Waals surface area contributed by atoms with E-state index in [1.165, 1.54) is 0 Å². The van der Waals surface area contributed by atoms with Gasteiger partial charge in [-0.25, -0.2) is 0 Å². The monoisotopic (exact) mass is 198 g/mol. The number of para-hydroxylation sites is 1. The molecule has 1 aliphatic rings. The normalized spacial score (nSPS) is 18.5. The molecule has 0 amide bonds. The minimum Gasteiger partial charge on any atom is -0.427 e. The van der Waals surface area contributed by atoms with Crippen LogP contribution in [0.25, 0.3) is 0 Å². The first-order valence-corrected chi connectivity index (χ1v) is 5.34. The van der Waals surface area contributed by atoms with Gasteiger partial charge in [0.2, 0.25) is 0 Å². The first kappa shape index (κ1) is 8.95. The summed E-state index contributed by atoms with van der Waals surface area (Å²) in [6, 6.07) is 9.58. The van der Waals surface area contributed by atoms with Gasteiger partial charge in [-0.1, -0.05) is 18.2 Å². The van der Waals surface area contributed by atoms with Crippen molar-refractivity contribution in [1.29, 1.82) is 0 Å². The highest BCUT2D eigenvalue weighted by molar-refractivity contribution is 7.42. The molecule has 0 spiro atoms. The van der Waals surface area contributed by atoms with E-state index in [1.54, 1.807) is 0 Å². The molecule has 0 bridgehead atoms. The fourth-order valence-corrected chi connectivity index (χ4v) is 2.02.